The first kappa shape index (κ1) is 15.8. The van der Waals surface area contributed by atoms with Gasteiger partial charge < -0.3 is 15.4 Å². The third-order valence-electron chi connectivity index (χ3n) is 2.43. The van der Waals surface area contributed by atoms with Crippen molar-refractivity contribution in [3.05, 3.63) is 5.21 Å². The molecule has 1 unspecified atom stereocenters. The van der Waals surface area contributed by atoms with E-state index < -0.39 is 18.6 Å². The van der Waals surface area contributed by atoms with E-state index in [1.807, 2.05) is 0 Å². The van der Waals surface area contributed by atoms with E-state index in [1.54, 1.807) is 0 Å². The zero-order valence-corrected chi connectivity index (χ0v) is 10.3. The number of rotatable bonds is 10. The molecule has 0 bridgehead atoms. The molecule has 0 amide bonds. The second-order valence-electron chi connectivity index (χ2n) is 4.00. The molecular weight excluding hydrogens is 224 g/mol. The lowest BCUT2D eigenvalue weighted by Crippen LogP contribution is -2.24. The Bertz CT molecular complexity index is 244. The standard InChI is InChI=1S/C11H22N2O4/c1-2-3-4-5-6-7-8-13(17)12-10(9-14)11(15)16/h10,14H,2-9H2,1H3,(H,15,16). The minimum Gasteiger partial charge on any atom is -0.600 e. The van der Waals surface area contributed by atoms with E-state index in [-0.39, 0.29) is 6.54 Å². The predicted molar refractivity (Wildman–Crippen MR) is 62.8 cm³/mol. The first-order valence-electron chi connectivity index (χ1n) is 6.10. The summed E-state index contributed by atoms with van der Waals surface area (Å²) < 4.78 is 0. The zero-order chi connectivity index (χ0) is 13.1. The Balaban J connectivity index is 3.73. The number of aliphatic hydroxyl groups excluding tert-OH is 1. The second kappa shape index (κ2) is 10.0. The lowest BCUT2D eigenvalue weighted by atomic mass is 10.1. The van der Waals surface area contributed by atoms with E-state index in [4.69, 9.17) is 10.2 Å². The molecule has 6 nitrogen and oxygen atoms in total. The Kier molecular flexibility index (Phi) is 9.33. The molecule has 0 fully saturated rings. The number of carboxylic acid groups (broad SMARTS) is 1. The van der Waals surface area contributed by atoms with Crippen molar-refractivity contribution in [3.8, 4) is 0 Å². The Morgan fingerprint density at radius 2 is 1.88 bits per heavy atom. The summed E-state index contributed by atoms with van der Waals surface area (Å²) in [5.74, 6) is -1.28. The van der Waals surface area contributed by atoms with Gasteiger partial charge in [0.2, 0.25) is 6.04 Å². The van der Waals surface area contributed by atoms with Crippen molar-refractivity contribution in [3.63, 3.8) is 0 Å². The van der Waals surface area contributed by atoms with Crippen LogP contribution in [0.15, 0.2) is 5.11 Å². The average Bonchev–Trinajstić information content (AvgIpc) is 2.30. The summed E-state index contributed by atoms with van der Waals surface area (Å²) in [5.41, 5.74) is 0. The monoisotopic (exact) mass is 246 g/mol. The van der Waals surface area contributed by atoms with Gasteiger partial charge >= 0.3 is 5.97 Å². The largest absolute Gasteiger partial charge is 0.600 e. The van der Waals surface area contributed by atoms with E-state index in [0.717, 1.165) is 12.8 Å². The summed E-state index contributed by atoms with van der Waals surface area (Å²) in [6.07, 6.45) is 6.29. The van der Waals surface area contributed by atoms with Crippen LogP contribution in [0.5, 0.6) is 0 Å². The third kappa shape index (κ3) is 8.62. The Morgan fingerprint density at radius 3 is 2.41 bits per heavy atom. The van der Waals surface area contributed by atoms with Crippen LogP contribution in [0.1, 0.15) is 45.4 Å². The quantitative estimate of drug-likeness (QED) is 0.265. The molecule has 100 valence electrons. The van der Waals surface area contributed by atoms with Gasteiger partial charge in [-0.1, -0.05) is 37.5 Å². The van der Waals surface area contributed by atoms with Crippen molar-refractivity contribution in [1.29, 1.82) is 0 Å². The van der Waals surface area contributed by atoms with Crippen molar-refractivity contribution >= 4 is 5.97 Å². The maximum absolute atomic E-state index is 11.2. The molecule has 0 rings (SSSR count). The van der Waals surface area contributed by atoms with Crippen molar-refractivity contribution in [1.82, 2.24) is 0 Å². The number of unbranched alkanes of at least 4 members (excludes halogenated alkanes) is 5. The summed E-state index contributed by atoms with van der Waals surface area (Å²) in [6, 6.07) is -1.34. The second-order valence-corrected chi connectivity index (χ2v) is 4.00. The normalized spacial score (nSPS) is 13.6. The minimum atomic E-state index is -1.34. The Morgan fingerprint density at radius 1 is 1.29 bits per heavy atom. The maximum atomic E-state index is 11.2. The number of carbonyl (C=O) groups is 1. The van der Waals surface area contributed by atoms with Gasteiger partial charge in [0.15, 0.2) is 6.54 Å². The number of aliphatic carboxylic acids is 1. The van der Waals surface area contributed by atoms with Crippen LogP contribution >= 0.6 is 0 Å². The summed E-state index contributed by atoms with van der Waals surface area (Å²) in [6.45, 7) is 1.68. The SMILES string of the molecule is CCCCCCCC[N+]([O-])=NC(CO)C(=O)O. The smallest absolute Gasteiger partial charge is 0.337 e. The summed E-state index contributed by atoms with van der Waals surface area (Å²) in [4.78, 5) is 10.9. The van der Waals surface area contributed by atoms with Crippen LogP contribution in [0.2, 0.25) is 0 Å². The number of carboxylic acids is 1. The molecule has 0 saturated heterocycles. The molecule has 0 spiro atoms. The molecular formula is C11H22N2O4. The molecule has 1 atom stereocenters. The summed E-state index contributed by atoms with van der Waals surface area (Å²) >= 11 is 0. The maximum Gasteiger partial charge on any atom is 0.337 e. The fourth-order valence-corrected chi connectivity index (χ4v) is 1.40. The lowest BCUT2D eigenvalue weighted by molar-refractivity contribution is -0.533. The van der Waals surface area contributed by atoms with Gasteiger partial charge in [-0.05, 0) is 11.5 Å². The van der Waals surface area contributed by atoms with Crippen LogP contribution < -0.4 is 0 Å². The number of aliphatic hydroxyl groups is 1. The van der Waals surface area contributed by atoms with Gasteiger partial charge in [0.1, 0.15) is 0 Å². The van der Waals surface area contributed by atoms with E-state index in [1.165, 1.54) is 19.3 Å². The van der Waals surface area contributed by atoms with Gasteiger partial charge in [-0.2, -0.15) is 0 Å². The molecule has 0 aliphatic carbocycles. The number of nitrogens with zero attached hydrogens (tertiary/aromatic N) is 2. The van der Waals surface area contributed by atoms with Crippen LogP contribution in [0, 0.1) is 5.21 Å². The lowest BCUT2D eigenvalue weighted by Gasteiger charge is -2.04. The molecule has 0 aliphatic rings. The molecule has 17 heavy (non-hydrogen) atoms. The van der Waals surface area contributed by atoms with E-state index >= 15 is 0 Å². The topological polar surface area (TPSA) is 96.0 Å². The molecule has 0 saturated carbocycles. The summed E-state index contributed by atoms with van der Waals surface area (Å²) in [7, 11) is 0. The predicted octanol–water partition coefficient (Wildman–Crippen LogP) is 1.75. The number of hydrogen-bond donors (Lipinski definition) is 2. The van der Waals surface area contributed by atoms with Gasteiger partial charge in [0, 0.05) is 6.42 Å². The fourth-order valence-electron chi connectivity index (χ4n) is 1.40. The van der Waals surface area contributed by atoms with E-state index in [2.05, 4.69) is 12.0 Å². The molecule has 0 radical (unpaired) electrons. The fraction of sp³-hybridized carbons (Fsp3) is 0.909. The van der Waals surface area contributed by atoms with Gasteiger partial charge in [-0.3, -0.25) is 0 Å². The minimum absolute atomic E-state index is 0.190. The van der Waals surface area contributed by atoms with E-state index in [9.17, 15) is 10.0 Å². The molecule has 2 N–H and O–H groups in total. The molecule has 0 heterocycles. The first-order chi connectivity index (χ1) is 8.11. The highest BCUT2D eigenvalue weighted by atomic mass is 16.5. The number of hydroxylamine groups is 1. The molecule has 0 aromatic carbocycles. The van der Waals surface area contributed by atoms with Crippen molar-refractivity contribution in [2.75, 3.05) is 13.2 Å². The van der Waals surface area contributed by atoms with Gasteiger partial charge in [0.25, 0.3) is 0 Å². The molecule has 0 aromatic rings. The van der Waals surface area contributed by atoms with Crippen molar-refractivity contribution < 1.29 is 19.9 Å². The van der Waals surface area contributed by atoms with Crippen LogP contribution in [0.4, 0.5) is 0 Å². The van der Waals surface area contributed by atoms with Crippen LogP contribution in [0.25, 0.3) is 0 Å². The van der Waals surface area contributed by atoms with Crippen LogP contribution in [-0.2, 0) is 4.79 Å². The van der Waals surface area contributed by atoms with Crippen molar-refractivity contribution in [2.24, 2.45) is 5.11 Å². The Hall–Kier alpha value is -1.17. The molecule has 0 aliphatic heterocycles. The van der Waals surface area contributed by atoms with Crippen LogP contribution in [0.3, 0.4) is 0 Å². The molecule has 0 aromatic heterocycles. The highest BCUT2D eigenvalue weighted by Gasteiger charge is 2.18. The molecule has 6 heteroatoms. The number of hydrogen-bond acceptors (Lipinski definition) is 4. The highest BCUT2D eigenvalue weighted by Crippen LogP contribution is 2.05. The Labute approximate surface area is 102 Å². The van der Waals surface area contributed by atoms with Crippen molar-refractivity contribution in [2.45, 2.75) is 51.5 Å². The number of azo groups is 1. The van der Waals surface area contributed by atoms with Gasteiger partial charge in [0.05, 0.1) is 6.61 Å². The summed E-state index contributed by atoms with van der Waals surface area (Å²) in [5, 5.41) is 31.8. The van der Waals surface area contributed by atoms with Gasteiger partial charge in [-0.15, -0.1) is 0 Å². The highest BCUT2D eigenvalue weighted by molar-refractivity contribution is 5.73. The van der Waals surface area contributed by atoms with Gasteiger partial charge in [-0.25, -0.2) is 4.79 Å². The van der Waals surface area contributed by atoms with E-state index in [0.29, 0.717) is 11.3 Å². The zero-order valence-electron chi connectivity index (χ0n) is 10.3. The third-order valence-corrected chi connectivity index (χ3v) is 2.43. The first-order valence-corrected chi connectivity index (χ1v) is 6.10. The van der Waals surface area contributed by atoms with Crippen LogP contribution in [-0.4, -0.2) is 40.2 Å². The average molecular weight is 246 g/mol.